The number of para-hydroxylation sites is 1. The molecule has 100 valence electrons. The highest BCUT2D eigenvalue weighted by Crippen LogP contribution is 2.22. The van der Waals surface area contributed by atoms with Crippen molar-refractivity contribution in [3.8, 4) is 0 Å². The highest BCUT2D eigenvalue weighted by atomic mass is 32.2. The van der Waals surface area contributed by atoms with E-state index in [2.05, 4.69) is 4.98 Å². The number of thioether (sulfide) groups is 1. The highest BCUT2D eigenvalue weighted by Gasteiger charge is 2.13. The van der Waals surface area contributed by atoms with Gasteiger partial charge in [0.25, 0.3) is 0 Å². The molecule has 0 unspecified atom stereocenters. The molecule has 5 heteroatoms. The molecule has 0 amide bonds. The summed E-state index contributed by atoms with van der Waals surface area (Å²) in [6, 6.07) is 8.97. The number of anilines is 1. The molecule has 0 saturated carbocycles. The van der Waals surface area contributed by atoms with Gasteiger partial charge in [-0.25, -0.2) is 9.78 Å². The fraction of sp³-hybridized carbons (Fsp3) is 0.286. The zero-order valence-corrected chi connectivity index (χ0v) is 11.8. The maximum atomic E-state index is 11.4. The van der Waals surface area contributed by atoms with E-state index in [1.165, 1.54) is 0 Å². The number of carbonyl (C=O) groups is 1. The summed E-state index contributed by atoms with van der Waals surface area (Å²) in [5.74, 6) is 0.760. The number of aromatic nitrogens is 1. The number of fused-ring (bicyclic) bond motifs is 1. The monoisotopic (exact) mass is 276 g/mol. The van der Waals surface area contributed by atoms with Crippen LogP contribution in [0.5, 0.6) is 0 Å². The van der Waals surface area contributed by atoms with Crippen molar-refractivity contribution in [2.75, 3.05) is 30.5 Å². The lowest BCUT2D eigenvalue weighted by Gasteiger charge is -2.18. The van der Waals surface area contributed by atoms with E-state index in [1.54, 1.807) is 23.9 Å². The van der Waals surface area contributed by atoms with Crippen molar-refractivity contribution in [1.82, 2.24) is 4.98 Å². The zero-order valence-electron chi connectivity index (χ0n) is 11.0. The highest BCUT2D eigenvalue weighted by molar-refractivity contribution is 7.98. The Labute approximate surface area is 116 Å². The molecule has 2 aromatic rings. The Hall–Kier alpha value is -1.75. The van der Waals surface area contributed by atoms with Gasteiger partial charge in [-0.2, -0.15) is 11.8 Å². The second kappa shape index (κ2) is 5.93. The first kappa shape index (κ1) is 13.7. The van der Waals surface area contributed by atoms with Gasteiger partial charge in [0.2, 0.25) is 0 Å². The number of carboxylic acids is 1. The Morgan fingerprint density at radius 1 is 1.42 bits per heavy atom. The van der Waals surface area contributed by atoms with Crippen molar-refractivity contribution in [2.45, 2.75) is 0 Å². The van der Waals surface area contributed by atoms with Gasteiger partial charge in [-0.1, -0.05) is 18.2 Å². The van der Waals surface area contributed by atoms with Gasteiger partial charge < -0.3 is 10.0 Å². The first-order valence-electron chi connectivity index (χ1n) is 5.96. The molecular weight excluding hydrogens is 260 g/mol. The Bertz CT molecular complexity index is 601. The maximum Gasteiger partial charge on any atom is 0.336 e. The zero-order chi connectivity index (χ0) is 13.8. The summed E-state index contributed by atoms with van der Waals surface area (Å²) in [6.45, 7) is 0.839. The van der Waals surface area contributed by atoms with E-state index < -0.39 is 5.97 Å². The lowest BCUT2D eigenvalue weighted by Crippen LogP contribution is -2.21. The van der Waals surface area contributed by atoms with Gasteiger partial charge in [-0.05, 0) is 18.4 Å². The molecule has 0 bridgehead atoms. The van der Waals surface area contributed by atoms with Gasteiger partial charge in [0.15, 0.2) is 0 Å². The van der Waals surface area contributed by atoms with Crippen molar-refractivity contribution >= 4 is 34.5 Å². The Kier molecular flexibility index (Phi) is 4.27. The van der Waals surface area contributed by atoms with Crippen LogP contribution in [0.3, 0.4) is 0 Å². The molecule has 4 nitrogen and oxygen atoms in total. The summed E-state index contributed by atoms with van der Waals surface area (Å²) in [5.41, 5.74) is 1.02. The normalized spacial score (nSPS) is 10.6. The SMILES string of the molecule is CSCCN(C)c1cc(C(=O)O)c2ccccc2n1. The van der Waals surface area contributed by atoms with Crippen LogP contribution in [0.25, 0.3) is 10.9 Å². The molecule has 1 N–H and O–H groups in total. The number of carboxylic acid groups (broad SMARTS) is 1. The minimum atomic E-state index is -0.918. The van der Waals surface area contributed by atoms with E-state index in [0.717, 1.165) is 12.3 Å². The van der Waals surface area contributed by atoms with Crippen LogP contribution in [0, 0.1) is 0 Å². The molecule has 0 atom stereocenters. The fourth-order valence-electron chi connectivity index (χ4n) is 1.88. The lowest BCUT2D eigenvalue weighted by molar-refractivity contribution is 0.0699. The second-order valence-corrected chi connectivity index (χ2v) is 5.25. The average molecular weight is 276 g/mol. The number of rotatable bonds is 5. The molecule has 0 radical (unpaired) electrons. The Morgan fingerprint density at radius 3 is 2.84 bits per heavy atom. The number of pyridine rings is 1. The number of hydrogen-bond acceptors (Lipinski definition) is 4. The lowest BCUT2D eigenvalue weighted by atomic mass is 10.1. The predicted molar refractivity (Wildman–Crippen MR) is 80.4 cm³/mol. The Balaban J connectivity index is 2.49. The third-order valence-electron chi connectivity index (χ3n) is 2.95. The minimum Gasteiger partial charge on any atom is -0.478 e. The molecule has 1 aromatic carbocycles. The summed E-state index contributed by atoms with van der Waals surface area (Å²) >= 11 is 1.75. The average Bonchev–Trinajstić information content (AvgIpc) is 2.43. The van der Waals surface area contributed by atoms with Gasteiger partial charge >= 0.3 is 5.97 Å². The smallest absolute Gasteiger partial charge is 0.336 e. The molecule has 0 saturated heterocycles. The van der Waals surface area contributed by atoms with Gasteiger partial charge in [-0.15, -0.1) is 0 Å². The van der Waals surface area contributed by atoms with Crippen LogP contribution >= 0.6 is 11.8 Å². The summed E-state index contributed by atoms with van der Waals surface area (Å²) in [6.07, 6.45) is 2.05. The van der Waals surface area contributed by atoms with Crippen molar-refractivity contribution in [2.24, 2.45) is 0 Å². The van der Waals surface area contributed by atoms with Crippen molar-refractivity contribution in [3.63, 3.8) is 0 Å². The molecule has 0 aliphatic carbocycles. The number of hydrogen-bond donors (Lipinski definition) is 1. The van der Waals surface area contributed by atoms with Gasteiger partial charge in [0, 0.05) is 24.7 Å². The quantitative estimate of drug-likeness (QED) is 0.910. The Morgan fingerprint density at radius 2 is 2.16 bits per heavy atom. The van der Waals surface area contributed by atoms with Gasteiger partial charge in [0.1, 0.15) is 5.82 Å². The summed E-state index contributed by atoms with van der Waals surface area (Å²) in [7, 11) is 1.93. The van der Waals surface area contributed by atoms with Crippen LogP contribution in [0.2, 0.25) is 0 Å². The van der Waals surface area contributed by atoms with E-state index in [-0.39, 0.29) is 0 Å². The summed E-state index contributed by atoms with van der Waals surface area (Å²) in [4.78, 5) is 17.9. The van der Waals surface area contributed by atoms with Crippen LogP contribution in [0.1, 0.15) is 10.4 Å². The topological polar surface area (TPSA) is 53.4 Å². The molecular formula is C14H16N2O2S. The minimum absolute atomic E-state index is 0.302. The molecule has 2 rings (SSSR count). The van der Waals surface area contributed by atoms with Crippen LogP contribution < -0.4 is 4.90 Å². The first-order valence-corrected chi connectivity index (χ1v) is 7.36. The molecule has 19 heavy (non-hydrogen) atoms. The van der Waals surface area contributed by atoms with Gasteiger partial charge in [-0.3, -0.25) is 0 Å². The third kappa shape index (κ3) is 2.98. The molecule has 1 heterocycles. The maximum absolute atomic E-state index is 11.4. The van der Waals surface area contributed by atoms with E-state index in [1.807, 2.05) is 36.4 Å². The number of nitrogens with zero attached hydrogens (tertiary/aromatic N) is 2. The van der Waals surface area contributed by atoms with Gasteiger partial charge in [0.05, 0.1) is 11.1 Å². The third-order valence-corrected chi connectivity index (χ3v) is 3.55. The van der Waals surface area contributed by atoms with Crippen LogP contribution in [-0.4, -0.2) is 41.7 Å². The summed E-state index contributed by atoms with van der Waals surface area (Å²) < 4.78 is 0. The largest absolute Gasteiger partial charge is 0.478 e. The van der Waals surface area contributed by atoms with Crippen molar-refractivity contribution in [3.05, 3.63) is 35.9 Å². The summed E-state index contributed by atoms with van der Waals surface area (Å²) in [5, 5.41) is 9.99. The molecule has 0 aliphatic rings. The molecule has 0 aliphatic heterocycles. The van der Waals surface area contributed by atoms with E-state index in [9.17, 15) is 9.90 Å². The first-order chi connectivity index (χ1) is 9.13. The fourth-order valence-corrected chi connectivity index (χ4v) is 2.33. The van der Waals surface area contributed by atoms with Crippen LogP contribution in [0.4, 0.5) is 5.82 Å². The van der Waals surface area contributed by atoms with E-state index in [4.69, 9.17) is 0 Å². The second-order valence-electron chi connectivity index (χ2n) is 4.26. The standard InChI is InChI=1S/C14H16N2O2S/c1-16(7-8-19-2)13-9-11(14(17)18)10-5-3-4-6-12(10)15-13/h3-6,9H,7-8H2,1-2H3,(H,17,18). The molecule has 0 spiro atoms. The van der Waals surface area contributed by atoms with Crippen LogP contribution in [-0.2, 0) is 0 Å². The van der Waals surface area contributed by atoms with Crippen molar-refractivity contribution in [1.29, 1.82) is 0 Å². The van der Waals surface area contributed by atoms with Crippen LogP contribution in [0.15, 0.2) is 30.3 Å². The van der Waals surface area contributed by atoms with E-state index >= 15 is 0 Å². The molecule has 1 aromatic heterocycles. The van der Waals surface area contributed by atoms with E-state index in [0.29, 0.717) is 22.3 Å². The number of benzene rings is 1. The van der Waals surface area contributed by atoms with Crippen molar-refractivity contribution < 1.29 is 9.90 Å². The molecule has 0 fully saturated rings. The predicted octanol–water partition coefficient (Wildman–Crippen LogP) is 2.73. The number of aromatic carboxylic acids is 1.